The summed E-state index contributed by atoms with van der Waals surface area (Å²) in [6, 6.07) is 9.55. The Morgan fingerprint density at radius 1 is 1.21 bits per heavy atom. The van der Waals surface area contributed by atoms with Gasteiger partial charge in [0.15, 0.2) is 0 Å². The standard InChI is InChI=1S/C25H35N5O3/c1-19-27-22(17-23(26-3)28-19)25(2)8-5-9-30(18-25)24(31)20-6-4-7-21(16-20)33-15-12-29-10-13-32-14-11-29/h4,6-7,16-17H,5,8-15,18H2,1-3H3,(H,26,27,28). The predicted molar refractivity (Wildman–Crippen MR) is 128 cm³/mol. The number of rotatable bonds is 7. The summed E-state index contributed by atoms with van der Waals surface area (Å²) in [5, 5.41) is 3.11. The molecule has 0 bridgehead atoms. The number of carbonyl (C=O) groups excluding carboxylic acids is 1. The van der Waals surface area contributed by atoms with E-state index in [-0.39, 0.29) is 11.3 Å². The molecule has 33 heavy (non-hydrogen) atoms. The van der Waals surface area contributed by atoms with E-state index in [1.54, 1.807) is 0 Å². The van der Waals surface area contributed by atoms with Crippen LogP contribution in [0.15, 0.2) is 30.3 Å². The molecule has 0 aliphatic carbocycles. The van der Waals surface area contributed by atoms with Crippen LogP contribution >= 0.6 is 0 Å². The summed E-state index contributed by atoms with van der Waals surface area (Å²) in [6.07, 6.45) is 1.93. The van der Waals surface area contributed by atoms with Crippen LogP contribution in [0.2, 0.25) is 0 Å². The van der Waals surface area contributed by atoms with Gasteiger partial charge in [-0.2, -0.15) is 0 Å². The van der Waals surface area contributed by atoms with Gasteiger partial charge in [0.1, 0.15) is 24.0 Å². The lowest BCUT2D eigenvalue weighted by Gasteiger charge is -2.40. The number of anilines is 1. The fourth-order valence-electron chi connectivity index (χ4n) is 4.65. The zero-order chi connectivity index (χ0) is 23.3. The van der Waals surface area contributed by atoms with Gasteiger partial charge in [-0.15, -0.1) is 0 Å². The predicted octanol–water partition coefficient (Wildman–Crippen LogP) is 2.73. The van der Waals surface area contributed by atoms with Crippen LogP contribution in [-0.2, 0) is 10.2 Å². The molecule has 0 radical (unpaired) electrons. The smallest absolute Gasteiger partial charge is 0.254 e. The minimum atomic E-state index is -0.209. The molecule has 0 spiro atoms. The molecule has 1 aromatic heterocycles. The van der Waals surface area contributed by atoms with Crippen molar-refractivity contribution in [3.8, 4) is 5.75 Å². The lowest BCUT2D eigenvalue weighted by Crippen LogP contribution is -2.47. The maximum Gasteiger partial charge on any atom is 0.254 e. The van der Waals surface area contributed by atoms with E-state index in [0.717, 1.165) is 75.3 Å². The van der Waals surface area contributed by atoms with E-state index in [9.17, 15) is 4.79 Å². The van der Waals surface area contributed by atoms with Crippen molar-refractivity contribution in [2.75, 3.05) is 64.9 Å². The second-order valence-electron chi connectivity index (χ2n) is 9.16. The number of nitrogens with zero attached hydrogens (tertiary/aromatic N) is 4. The Labute approximate surface area is 196 Å². The van der Waals surface area contributed by atoms with Gasteiger partial charge < -0.3 is 19.7 Å². The molecule has 2 aliphatic heterocycles. The SMILES string of the molecule is CNc1cc(C2(C)CCCN(C(=O)c3cccc(OCCN4CCOCC4)c3)C2)nc(C)n1. The lowest BCUT2D eigenvalue weighted by molar-refractivity contribution is 0.0322. The molecule has 1 amide bonds. The van der Waals surface area contributed by atoms with Crippen molar-refractivity contribution < 1.29 is 14.3 Å². The fraction of sp³-hybridized carbons (Fsp3) is 0.560. The van der Waals surface area contributed by atoms with Gasteiger partial charge in [0.2, 0.25) is 0 Å². The van der Waals surface area contributed by atoms with Crippen molar-refractivity contribution in [1.82, 2.24) is 19.8 Å². The van der Waals surface area contributed by atoms with Crippen LogP contribution in [0.3, 0.4) is 0 Å². The summed E-state index contributed by atoms with van der Waals surface area (Å²) >= 11 is 0. The highest BCUT2D eigenvalue weighted by molar-refractivity contribution is 5.94. The highest BCUT2D eigenvalue weighted by Crippen LogP contribution is 2.34. The number of hydrogen-bond acceptors (Lipinski definition) is 7. The van der Waals surface area contributed by atoms with Crippen molar-refractivity contribution in [3.05, 3.63) is 47.4 Å². The monoisotopic (exact) mass is 453 g/mol. The van der Waals surface area contributed by atoms with Crippen LogP contribution in [-0.4, -0.2) is 85.3 Å². The normalized spacial score (nSPS) is 21.6. The molecule has 1 atom stereocenters. The molecule has 1 aromatic carbocycles. The Balaban J connectivity index is 1.41. The lowest BCUT2D eigenvalue weighted by atomic mass is 9.78. The third kappa shape index (κ3) is 5.81. The van der Waals surface area contributed by atoms with Crippen LogP contribution < -0.4 is 10.1 Å². The second kappa shape index (κ2) is 10.5. The largest absolute Gasteiger partial charge is 0.492 e. The number of carbonyl (C=O) groups is 1. The van der Waals surface area contributed by atoms with Crippen LogP contribution in [0.5, 0.6) is 5.75 Å². The third-order valence-corrected chi connectivity index (χ3v) is 6.56. The summed E-state index contributed by atoms with van der Waals surface area (Å²) in [5.41, 5.74) is 1.44. The summed E-state index contributed by atoms with van der Waals surface area (Å²) in [4.78, 5) is 26.8. The molecule has 8 heteroatoms. The van der Waals surface area contributed by atoms with E-state index in [0.29, 0.717) is 18.7 Å². The van der Waals surface area contributed by atoms with Gasteiger partial charge in [-0.25, -0.2) is 9.97 Å². The quantitative estimate of drug-likeness (QED) is 0.690. The molecule has 2 fully saturated rings. The highest BCUT2D eigenvalue weighted by atomic mass is 16.5. The molecule has 2 aliphatic rings. The number of benzene rings is 1. The summed E-state index contributed by atoms with van der Waals surface area (Å²) in [5.74, 6) is 2.32. The maximum atomic E-state index is 13.4. The summed E-state index contributed by atoms with van der Waals surface area (Å²) in [6.45, 7) is 10.4. The Bertz CT molecular complexity index is 963. The van der Waals surface area contributed by atoms with E-state index >= 15 is 0 Å². The van der Waals surface area contributed by atoms with E-state index in [2.05, 4.69) is 22.1 Å². The average Bonchev–Trinajstić information content (AvgIpc) is 2.84. The minimum absolute atomic E-state index is 0.0409. The molecule has 178 valence electrons. The molecule has 2 aromatic rings. The number of morpholine rings is 1. The van der Waals surface area contributed by atoms with Crippen molar-refractivity contribution in [1.29, 1.82) is 0 Å². The van der Waals surface area contributed by atoms with Crippen molar-refractivity contribution in [2.45, 2.75) is 32.1 Å². The van der Waals surface area contributed by atoms with Crippen molar-refractivity contribution in [2.24, 2.45) is 0 Å². The number of amides is 1. The Morgan fingerprint density at radius 2 is 2.03 bits per heavy atom. The maximum absolute atomic E-state index is 13.4. The molecule has 0 saturated carbocycles. The van der Waals surface area contributed by atoms with Crippen LogP contribution in [0.4, 0.5) is 5.82 Å². The van der Waals surface area contributed by atoms with E-state index in [1.165, 1.54) is 0 Å². The molecule has 3 heterocycles. The number of aromatic nitrogens is 2. The molecule has 2 saturated heterocycles. The van der Waals surface area contributed by atoms with Crippen molar-refractivity contribution >= 4 is 11.7 Å². The van der Waals surface area contributed by atoms with E-state index < -0.39 is 0 Å². The topological polar surface area (TPSA) is 79.8 Å². The van der Waals surface area contributed by atoms with Gasteiger partial charge in [-0.3, -0.25) is 9.69 Å². The van der Waals surface area contributed by atoms with Gasteiger partial charge in [-0.1, -0.05) is 13.0 Å². The van der Waals surface area contributed by atoms with Gasteiger partial charge in [0.05, 0.1) is 18.9 Å². The van der Waals surface area contributed by atoms with Crippen LogP contribution in [0, 0.1) is 6.92 Å². The van der Waals surface area contributed by atoms with Crippen molar-refractivity contribution in [3.63, 3.8) is 0 Å². The first-order valence-corrected chi connectivity index (χ1v) is 11.8. The Kier molecular flexibility index (Phi) is 7.45. The highest BCUT2D eigenvalue weighted by Gasteiger charge is 2.36. The molecular formula is C25H35N5O3. The Hall–Kier alpha value is -2.71. The number of hydrogen-bond donors (Lipinski definition) is 1. The van der Waals surface area contributed by atoms with Gasteiger partial charge >= 0.3 is 0 Å². The molecular weight excluding hydrogens is 418 g/mol. The average molecular weight is 454 g/mol. The Morgan fingerprint density at radius 3 is 2.82 bits per heavy atom. The number of ether oxygens (including phenoxy) is 2. The van der Waals surface area contributed by atoms with Crippen LogP contribution in [0.25, 0.3) is 0 Å². The van der Waals surface area contributed by atoms with Crippen LogP contribution in [0.1, 0.15) is 41.6 Å². The van der Waals surface area contributed by atoms with Gasteiger partial charge in [0.25, 0.3) is 5.91 Å². The minimum Gasteiger partial charge on any atom is -0.492 e. The number of nitrogens with one attached hydrogen (secondary N) is 1. The zero-order valence-electron chi connectivity index (χ0n) is 20.0. The number of likely N-dealkylation sites (tertiary alicyclic amines) is 1. The first-order valence-electron chi connectivity index (χ1n) is 11.8. The molecule has 8 nitrogen and oxygen atoms in total. The summed E-state index contributed by atoms with van der Waals surface area (Å²) < 4.78 is 11.3. The van der Waals surface area contributed by atoms with E-state index in [1.807, 2.05) is 49.2 Å². The number of piperidine rings is 1. The third-order valence-electron chi connectivity index (χ3n) is 6.56. The molecule has 1 unspecified atom stereocenters. The zero-order valence-corrected chi connectivity index (χ0v) is 20.0. The second-order valence-corrected chi connectivity index (χ2v) is 9.16. The van der Waals surface area contributed by atoms with Gasteiger partial charge in [0, 0.05) is 56.8 Å². The van der Waals surface area contributed by atoms with Gasteiger partial charge in [-0.05, 0) is 38.0 Å². The molecule has 4 rings (SSSR count). The van der Waals surface area contributed by atoms with E-state index in [4.69, 9.17) is 14.5 Å². The first-order chi connectivity index (χ1) is 16.0. The first kappa shape index (κ1) is 23.4. The number of aryl methyl sites for hydroxylation is 1. The molecule has 1 N–H and O–H groups in total. The summed E-state index contributed by atoms with van der Waals surface area (Å²) in [7, 11) is 1.86. The fourth-order valence-corrected chi connectivity index (χ4v) is 4.65.